The van der Waals surface area contributed by atoms with Crippen molar-refractivity contribution in [3.05, 3.63) is 93.8 Å². The van der Waals surface area contributed by atoms with Crippen molar-refractivity contribution in [2.24, 2.45) is 12.2 Å². The molecule has 6 nitrogen and oxygen atoms in total. The van der Waals surface area contributed by atoms with E-state index in [0.717, 1.165) is 5.56 Å². The molecule has 3 rings (SSSR count). The number of aryl methyl sites for hydroxylation is 1. The van der Waals surface area contributed by atoms with E-state index in [4.69, 9.17) is 16.7 Å². The van der Waals surface area contributed by atoms with Crippen LogP contribution in [0.15, 0.2) is 60.7 Å². The van der Waals surface area contributed by atoms with Gasteiger partial charge in [0.15, 0.2) is 0 Å². The molecule has 1 aromatic heterocycles. The fourth-order valence-electron chi connectivity index (χ4n) is 4.21. The van der Waals surface area contributed by atoms with E-state index in [2.05, 4.69) is 0 Å². The van der Waals surface area contributed by atoms with Gasteiger partial charge in [0.25, 0.3) is 0 Å². The largest absolute Gasteiger partial charge is 0.345 e. The minimum absolute atomic E-state index is 0. The van der Waals surface area contributed by atoms with Gasteiger partial charge in [-0.05, 0) is 62.5 Å². The lowest BCUT2D eigenvalue weighted by Gasteiger charge is -2.34. The maximum absolute atomic E-state index is 13.2. The quantitative estimate of drug-likeness (QED) is 0.466. The SMILES string of the molecule is Cc1cc(CC(CN(C)C)(c2ccccc2)S(N)(=O)=O)n(C)c1C(=O)c1ccc(Cl)cc1.Cl. The molecule has 0 fully saturated rings. The number of halogens is 2. The average Bonchev–Trinajstić information content (AvgIpc) is 2.99. The van der Waals surface area contributed by atoms with Crippen LogP contribution in [-0.2, 0) is 28.2 Å². The highest BCUT2D eigenvalue weighted by molar-refractivity contribution is 7.90. The summed E-state index contributed by atoms with van der Waals surface area (Å²) in [5.74, 6) is -0.151. The number of rotatable bonds is 8. The standard InChI is InChI=1S/C24H28ClN3O3S.ClH/c1-17-14-21(28(4)22(17)23(29)18-10-12-20(25)13-11-18)15-24(16-27(2)3,32(26,30)31)19-8-6-5-7-9-19;/h5-14H,15-16H2,1-4H3,(H2,26,30,31);1H. The highest BCUT2D eigenvalue weighted by Crippen LogP contribution is 2.35. The molecule has 2 aromatic carbocycles. The van der Waals surface area contributed by atoms with E-state index in [1.807, 2.05) is 38.1 Å². The van der Waals surface area contributed by atoms with Gasteiger partial charge in [0.2, 0.25) is 15.8 Å². The Bertz CT molecular complexity index is 1220. The molecule has 0 radical (unpaired) electrons. The molecule has 0 spiro atoms. The summed E-state index contributed by atoms with van der Waals surface area (Å²) in [6, 6.07) is 17.6. The lowest BCUT2D eigenvalue weighted by molar-refractivity contribution is 0.103. The number of benzene rings is 2. The maximum atomic E-state index is 13.2. The van der Waals surface area contributed by atoms with Crippen molar-refractivity contribution in [3.63, 3.8) is 0 Å². The van der Waals surface area contributed by atoms with Crippen molar-refractivity contribution in [3.8, 4) is 0 Å². The molecule has 2 N–H and O–H groups in total. The first-order chi connectivity index (χ1) is 15.0. The Labute approximate surface area is 206 Å². The van der Waals surface area contributed by atoms with Gasteiger partial charge in [0.1, 0.15) is 4.75 Å². The minimum atomic E-state index is -4.02. The van der Waals surface area contributed by atoms with Gasteiger partial charge in [-0.25, -0.2) is 13.6 Å². The van der Waals surface area contributed by atoms with Crippen LogP contribution in [0, 0.1) is 6.92 Å². The number of carbonyl (C=O) groups excluding carboxylic acids is 1. The van der Waals surface area contributed by atoms with Crippen LogP contribution in [0.2, 0.25) is 5.02 Å². The Morgan fingerprint density at radius 2 is 1.67 bits per heavy atom. The molecule has 33 heavy (non-hydrogen) atoms. The molecular formula is C24H29Cl2N3O3S. The number of hydrogen-bond acceptors (Lipinski definition) is 4. The number of sulfonamides is 1. The fourth-order valence-corrected chi connectivity index (χ4v) is 5.59. The molecule has 0 bridgehead atoms. The number of nitrogens with zero attached hydrogens (tertiary/aromatic N) is 2. The second kappa shape index (κ2) is 10.4. The van der Waals surface area contributed by atoms with E-state index >= 15 is 0 Å². The summed E-state index contributed by atoms with van der Waals surface area (Å²) in [5.41, 5.74) is 3.10. The van der Waals surface area contributed by atoms with Gasteiger partial charge in [-0.3, -0.25) is 4.79 Å². The van der Waals surface area contributed by atoms with Crippen LogP contribution >= 0.6 is 24.0 Å². The van der Waals surface area contributed by atoms with Crippen LogP contribution in [0.25, 0.3) is 0 Å². The first-order valence-corrected chi connectivity index (χ1v) is 12.1. The first-order valence-electron chi connectivity index (χ1n) is 10.1. The molecule has 0 amide bonds. The van der Waals surface area contributed by atoms with Gasteiger partial charge in [0, 0.05) is 36.3 Å². The Morgan fingerprint density at radius 3 is 2.18 bits per heavy atom. The van der Waals surface area contributed by atoms with Crippen molar-refractivity contribution in [1.29, 1.82) is 0 Å². The van der Waals surface area contributed by atoms with Gasteiger partial charge in [-0.2, -0.15) is 0 Å². The van der Waals surface area contributed by atoms with E-state index in [1.54, 1.807) is 60.1 Å². The van der Waals surface area contributed by atoms with E-state index in [0.29, 0.717) is 27.5 Å². The van der Waals surface area contributed by atoms with Crippen LogP contribution in [0.3, 0.4) is 0 Å². The van der Waals surface area contributed by atoms with Crippen molar-refractivity contribution in [2.45, 2.75) is 18.1 Å². The minimum Gasteiger partial charge on any atom is -0.345 e. The van der Waals surface area contributed by atoms with Gasteiger partial charge in [-0.1, -0.05) is 41.9 Å². The van der Waals surface area contributed by atoms with Crippen molar-refractivity contribution in [1.82, 2.24) is 9.47 Å². The molecule has 0 saturated carbocycles. The van der Waals surface area contributed by atoms with E-state index in [1.165, 1.54) is 0 Å². The summed E-state index contributed by atoms with van der Waals surface area (Å²) >= 11 is 5.95. The number of ketones is 1. The monoisotopic (exact) mass is 509 g/mol. The molecule has 0 saturated heterocycles. The van der Waals surface area contributed by atoms with E-state index in [9.17, 15) is 13.2 Å². The second-order valence-corrected chi connectivity index (χ2v) is 10.7. The number of aromatic nitrogens is 1. The molecule has 0 aliphatic heterocycles. The molecule has 178 valence electrons. The van der Waals surface area contributed by atoms with E-state index in [-0.39, 0.29) is 31.2 Å². The normalized spacial score (nSPS) is 13.4. The zero-order chi connectivity index (χ0) is 23.7. The molecule has 3 aromatic rings. The number of carbonyl (C=O) groups is 1. The zero-order valence-electron chi connectivity index (χ0n) is 19.1. The molecular weight excluding hydrogens is 481 g/mol. The Morgan fingerprint density at radius 1 is 1.09 bits per heavy atom. The predicted molar refractivity (Wildman–Crippen MR) is 136 cm³/mol. The fraction of sp³-hybridized carbons (Fsp3) is 0.292. The summed E-state index contributed by atoms with van der Waals surface area (Å²) in [5, 5.41) is 6.41. The smallest absolute Gasteiger partial charge is 0.220 e. The number of hydrogen-bond donors (Lipinski definition) is 1. The number of primary sulfonamides is 1. The van der Waals surface area contributed by atoms with Gasteiger partial charge in [-0.15, -0.1) is 12.4 Å². The van der Waals surface area contributed by atoms with Crippen molar-refractivity contribution < 1.29 is 13.2 Å². The van der Waals surface area contributed by atoms with Crippen LogP contribution in [0.5, 0.6) is 0 Å². The summed E-state index contributed by atoms with van der Waals surface area (Å²) in [6.07, 6.45) is 0.124. The van der Waals surface area contributed by atoms with Gasteiger partial charge >= 0.3 is 0 Å². The molecule has 1 atom stereocenters. The van der Waals surface area contributed by atoms with E-state index < -0.39 is 14.8 Å². The summed E-state index contributed by atoms with van der Waals surface area (Å²) in [6.45, 7) is 2.04. The highest BCUT2D eigenvalue weighted by atomic mass is 35.5. The third-order valence-electron chi connectivity index (χ3n) is 5.73. The van der Waals surface area contributed by atoms with Gasteiger partial charge in [0.05, 0.1) is 5.69 Å². The van der Waals surface area contributed by atoms with Crippen molar-refractivity contribution in [2.75, 3.05) is 20.6 Å². The molecule has 1 heterocycles. The molecule has 9 heteroatoms. The first kappa shape index (κ1) is 27.1. The molecule has 0 aliphatic carbocycles. The van der Waals surface area contributed by atoms with Crippen LogP contribution in [0.1, 0.15) is 32.9 Å². The maximum Gasteiger partial charge on any atom is 0.220 e. The predicted octanol–water partition coefficient (Wildman–Crippen LogP) is 3.93. The number of likely N-dealkylation sites (N-methyl/N-ethyl adjacent to an activating group) is 1. The third kappa shape index (κ3) is 5.50. The highest BCUT2D eigenvalue weighted by Gasteiger charge is 2.45. The molecule has 1 unspecified atom stereocenters. The Hall–Kier alpha value is -2.16. The van der Waals surface area contributed by atoms with Crippen molar-refractivity contribution >= 4 is 39.8 Å². The topological polar surface area (TPSA) is 85.4 Å². The van der Waals surface area contributed by atoms with Crippen LogP contribution < -0.4 is 5.14 Å². The second-order valence-electron chi connectivity index (χ2n) is 8.38. The summed E-state index contributed by atoms with van der Waals surface area (Å²) in [7, 11) is 1.38. The molecule has 0 aliphatic rings. The number of nitrogens with two attached hydrogens (primary N) is 1. The zero-order valence-corrected chi connectivity index (χ0v) is 21.5. The summed E-state index contributed by atoms with van der Waals surface area (Å²) < 4.78 is 26.5. The van der Waals surface area contributed by atoms with Gasteiger partial charge < -0.3 is 9.47 Å². The van der Waals surface area contributed by atoms with Crippen LogP contribution in [-0.4, -0.2) is 44.3 Å². The lowest BCUT2D eigenvalue weighted by atomic mass is 9.92. The average molecular weight is 510 g/mol. The van der Waals surface area contributed by atoms with Crippen LogP contribution in [0.4, 0.5) is 0 Å². The summed E-state index contributed by atoms with van der Waals surface area (Å²) in [4.78, 5) is 15.0. The lowest BCUT2D eigenvalue weighted by Crippen LogP contribution is -2.49. The Kier molecular flexibility index (Phi) is 8.54. The Balaban J connectivity index is 0.00000385. The third-order valence-corrected chi connectivity index (χ3v) is 7.58.